The maximum Gasteiger partial charge on any atom is 0.258 e. The minimum absolute atomic E-state index is 0.0221. The molecule has 0 aliphatic carbocycles. The molecule has 0 bridgehead atoms. The summed E-state index contributed by atoms with van der Waals surface area (Å²) in [5, 5.41) is 28.3. The Bertz CT molecular complexity index is 2560. The van der Waals surface area contributed by atoms with Crippen LogP contribution < -0.4 is 21.3 Å². The molecule has 5 aromatic rings. The second-order valence-corrected chi connectivity index (χ2v) is 16.3. The van der Waals surface area contributed by atoms with Gasteiger partial charge in [-0.2, -0.15) is 20.5 Å². The number of azo groups is 2. The van der Waals surface area contributed by atoms with Gasteiger partial charge in [0, 0.05) is 33.9 Å². The number of hydrogen-bond acceptors (Lipinski definition) is 10. The van der Waals surface area contributed by atoms with Gasteiger partial charge in [-0.1, -0.05) is 83.5 Å². The summed E-state index contributed by atoms with van der Waals surface area (Å²) in [7, 11) is 0. The Morgan fingerprint density at radius 2 is 0.828 bits per heavy atom. The second-order valence-electron chi connectivity index (χ2n) is 13.8. The highest BCUT2D eigenvalue weighted by Crippen LogP contribution is 2.32. The monoisotopic (exact) mass is 982 g/mol. The van der Waals surface area contributed by atoms with E-state index in [2.05, 4.69) is 41.7 Å². The number of carbonyl (C=O) groups excluding carboxylic acids is 6. The van der Waals surface area contributed by atoms with Gasteiger partial charge in [0.2, 0.25) is 12.1 Å². The Morgan fingerprint density at radius 1 is 0.469 bits per heavy atom. The van der Waals surface area contributed by atoms with Crippen molar-refractivity contribution in [2.75, 3.05) is 21.3 Å². The minimum Gasteiger partial charge on any atom is -0.323 e. The van der Waals surface area contributed by atoms with Crippen molar-refractivity contribution < 1.29 is 28.8 Å². The van der Waals surface area contributed by atoms with Crippen molar-refractivity contribution >= 4 is 139 Å². The lowest BCUT2D eigenvalue weighted by molar-refractivity contribution is -0.127. The molecule has 64 heavy (non-hydrogen) atoms. The van der Waals surface area contributed by atoms with Crippen LogP contribution in [0.15, 0.2) is 105 Å². The van der Waals surface area contributed by atoms with Crippen molar-refractivity contribution in [3.63, 3.8) is 0 Å². The lowest BCUT2D eigenvalue weighted by atomic mass is 10.0. The standard InChI is InChI=1S/C44H36Cl6N8O6/c1-5-23-15-36(54-44(64)40(22(4)60)58-56-38-18-26(8-12-32(38)48)42(62)52-28-10-14-30(46)34(50)20-28)24(6-2)16-35(23)53-43(63)39(21(3)59)57-55-37-17-25(7-11-31(37)47)41(61)51-27-9-13-29(45)33(49)19-27/h7-20,39-40H,5-6H2,1-4H3,(H,51,61)(H,52,62)(H,53,63)(H,54,64). The van der Waals surface area contributed by atoms with E-state index >= 15 is 0 Å². The van der Waals surface area contributed by atoms with Gasteiger partial charge in [0.05, 0.1) is 30.1 Å². The summed E-state index contributed by atoms with van der Waals surface area (Å²) < 4.78 is 0. The number of ketones is 2. The van der Waals surface area contributed by atoms with E-state index in [1.165, 1.54) is 74.5 Å². The van der Waals surface area contributed by atoms with Gasteiger partial charge < -0.3 is 21.3 Å². The molecule has 0 saturated heterocycles. The fourth-order valence-corrected chi connectivity index (χ4v) is 6.71. The van der Waals surface area contributed by atoms with Gasteiger partial charge in [-0.05, 0) is 123 Å². The molecule has 0 spiro atoms. The number of anilines is 4. The van der Waals surface area contributed by atoms with Crippen LogP contribution in [-0.2, 0) is 32.0 Å². The second kappa shape index (κ2) is 22.2. The number of aryl methyl sites for hydroxylation is 2. The summed E-state index contributed by atoms with van der Waals surface area (Å²) in [6.45, 7) is 5.97. The topological polar surface area (TPSA) is 200 Å². The first-order chi connectivity index (χ1) is 30.4. The van der Waals surface area contributed by atoms with E-state index in [0.29, 0.717) is 56.8 Å². The smallest absolute Gasteiger partial charge is 0.258 e. The molecule has 0 radical (unpaired) electrons. The van der Waals surface area contributed by atoms with E-state index < -0.39 is 47.3 Å². The molecule has 2 atom stereocenters. The molecule has 5 aromatic carbocycles. The summed E-state index contributed by atoms with van der Waals surface area (Å²) in [6.07, 6.45) is 0.732. The molecule has 0 heterocycles. The summed E-state index contributed by atoms with van der Waals surface area (Å²) in [5.41, 5.74) is 2.91. The van der Waals surface area contributed by atoms with Crippen LogP contribution in [0.3, 0.4) is 0 Å². The van der Waals surface area contributed by atoms with Crippen LogP contribution in [0.2, 0.25) is 30.1 Å². The molecule has 2 unspecified atom stereocenters. The van der Waals surface area contributed by atoms with Crippen LogP contribution in [0.5, 0.6) is 0 Å². The maximum absolute atomic E-state index is 13.6. The number of amides is 4. The third-order valence-electron chi connectivity index (χ3n) is 9.21. The predicted molar refractivity (Wildman–Crippen MR) is 252 cm³/mol. The highest BCUT2D eigenvalue weighted by atomic mass is 35.5. The zero-order valence-electron chi connectivity index (χ0n) is 34.2. The molecule has 0 aliphatic rings. The molecule has 0 aliphatic heterocycles. The molecule has 4 amide bonds. The Balaban J connectivity index is 1.31. The highest BCUT2D eigenvalue weighted by Gasteiger charge is 2.27. The molecule has 0 fully saturated rings. The summed E-state index contributed by atoms with van der Waals surface area (Å²) in [4.78, 5) is 78.6. The van der Waals surface area contributed by atoms with Crippen molar-refractivity contribution in [1.29, 1.82) is 0 Å². The van der Waals surface area contributed by atoms with E-state index in [1.54, 1.807) is 24.3 Å². The number of Topliss-reactive ketones (excluding diaryl/α,β-unsaturated/α-hetero) is 2. The van der Waals surface area contributed by atoms with Gasteiger partial charge in [-0.25, -0.2) is 0 Å². The average molecular weight is 986 g/mol. The van der Waals surface area contributed by atoms with Crippen LogP contribution in [0.4, 0.5) is 34.1 Å². The number of halogens is 6. The third-order valence-corrected chi connectivity index (χ3v) is 11.3. The predicted octanol–water partition coefficient (Wildman–Crippen LogP) is 12.6. The first-order valence-electron chi connectivity index (χ1n) is 19.1. The van der Waals surface area contributed by atoms with E-state index in [-0.39, 0.29) is 42.6 Å². The van der Waals surface area contributed by atoms with Crippen LogP contribution in [-0.4, -0.2) is 47.3 Å². The average Bonchev–Trinajstić information content (AvgIpc) is 3.24. The van der Waals surface area contributed by atoms with Crippen LogP contribution in [0.1, 0.15) is 59.5 Å². The number of hydrogen-bond donors (Lipinski definition) is 4. The van der Waals surface area contributed by atoms with Crippen molar-refractivity contribution in [2.24, 2.45) is 20.5 Å². The third kappa shape index (κ3) is 12.7. The largest absolute Gasteiger partial charge is 0.323 e. The van der Waals surface area contributed by atoms with E-state index in [4.69, 9.17) is 69.6 Å². The summed E-state index contributed by atoms with van der Waals surface area (Å²) >= 11 is 36.7. The summed E-state index contributed by atoms with van der Waals surface area (Å²) in [6, 6.07) is 17.7. The molecular weight excluding hydrogens is 949 g/mol. The number of benzene rings is 5. The Hall–Kier alpha value is -5.74. The molecule has 20 heteroatoms. The van der Waals surface area contributed by atoms with Crippen LogP contribution in [0.25, 0.3) is 0 Å². The Morgan fingerprint density at radius 3 is 1.16 bits per heavy atom. The molecule has 330 valence electrons. The van der Waals surface area contributed by atoms with Gasteiger partial charge in [-0.3, -0.25) is 28.8 Å². The molecule has 0 saturated carbocycles. The van der Waals surface area contributed by atoms with Gasteiger partial charge >= 0.3 is 0 Å². The molecule has 14 nitrogen and oxygen atoms in total. The van der Waals surface area contributed by atoms with E-state index in [0.717, 1.165) is 0 Å². The molecule has 4 N–H and O–H groups in total. The fraction of sp³-hybridized carbons (Fsp3) is 0.182. The normalized spacial score (nSPS) is 12.2. The first kappa shape index (κ1) is 49.3. The highest BCUT2D eigenvalue weighted by molar-refractivity contribution is 6.42. The number of rotatable bonds is 16. The van der Waals surface area contributed by atoms with Crippen molar-refractivity contribution in [2.45, 2.75) is 52.6 Å². The fourth-order valence-electron chi connectivity index (χ4n) is 5.80. The zero-order chi connectivity index (χ0) is 46.8. The SMILES string of the molecule is CCc1cc(NC(=O)C(N=Nc2cc(C(=O)Nc3ccc(Cl)c(Cl)c3)ccc2Cl)C(C)=O)c(CC)cc1NC(=O)C(N=Nc1cc(C(=O)Nc2ccc(Cl)c(Cl)c2)ccc1Cl)C(C)=O. The van der Waals surface area contributed by atoms with Gasteiger partial charge in [-0.15, -0.1) is 0 Å². The first-order valence-corrected chi connectivity index (χ1v) is 21.4. The lowest BCUT2D eigenvalue weighted by Gasteiger charge is -2.18. The number of nitrogens with one attached hydrogen (secondary N) is 4. The minimum atomic E-state index is -1.60. The number of nitrogens with zero attached hydrogens (tertiary/aromatic N) is 4. The molecular formula is C44H36Cl6N8O6. The zero-order valence-corrected chi connectivity index (χ0v) is 38.7. The molecule has 0 aromatic heterocycles. The Kier molecular flexibility index (Phi) is 17.1. The van der Waals surface area contributed by atoms with Crippen molar-refractivity contribution in [1.82, 2.24) is 0 Å². The van der Waals surface area contributed by atoms with Gasteiger partial charge in [0.1, 0.15) is 11.4 Å². The van der Waals surface area contributed by atoms with Crippen molar-refractivity contribution in [3.05, 3.63) is 137 Å². The number of carbonyl (C=O) groups is 6. The van der Waals surface area contributed by atoms with Crippen molar-refractivity contribution in [3.8, 4) is 0 Å². The van der Waals surface area contributed by atoms with Crippen LogP contribution in [0, 0.1) is 0 Å². The molecule has 5 rings (SSSR count). The van der Waals surface area contributed by atoms with Crippen LogP contribution >= 0.6 is 69.6 Å². The van der Waals surface area contributed by atoms with Gasteiger partial charge in [0.15, 0.2) is 11.6 Å². The Labute approximate surface area is 397 Å². The van der Waals surface area contributed by atoms with E-state index in [1.807, 2.05) is 13.8 Å². The maximum atomic E-state index is 13.6. The lowest BCUT2D eigenvalue weighted by Crippen LogP contribution is -2.33. The van der Waals surface area contributed by atoms with Gasteiger partial charge in [0.25, 0.3) is 23.6 Å². The van der Waals surface area contributed by atoms with E-state index in [9.17, 15) is 28.8 Å². The summed E-state index contributed by atoms with van der Waals surface area (Å²) in [5.74, 6) is -3.92. The quantitative estimate of drug-likeness (QED) is 0.0560.